The Morgan fingerprint density at radius 3 is 2.78 bits per heavy atom. The monoisotopic (exact) mass is 401 g/mol. The van der Waals surface area contributed by atoms with Gasteiger partial charge in [0.15, 0.2) is 0 Å². The van der Waals surface area contributed by atoms with Crippen LogP contribution in [0, 0.1) is 5.82 Å². The molecule has 4 rings (SSSR count). The summed E-state index contributed by atoms with van der Waals surface area (Å²) >= 11 is 3.22. The third kappa shape index (κ3) is 3.71. The fraction of sp³-hybridized carbons (Fsp3) is 0.350. The van der Waals surface area contributed by atoms with Crippen molar-refractivity contribution >= 4 is 39.2 Å². The number of thioether (sulfide) groups is 1. The number of aromatic nitrogens is 2. The molecule has 0 bridgehead atoms. The number of carbonyl (C=O) groups excluding carboxylic acids is 1. The van der Waals surface area contributed by atoms with E-state index in [1.54, 1.807) is 29.8 Å². The van der Waals surface area contributed by atoms with E-state index >= 15 is 0 Å². The summed E-state index contributed by atoms with van der Waals surface area (Å²) in [5, 5.41) is 4.73. The van der Waals surface area contributed by atoms with Gasteiger partial charge in [0, 0.05) is 10.3 Å². The van der Waals surface area contributed by atoms with E-state index in [-0.39, 0.29) is 23.0 Å². The predicted octanol–water partition coefficient (Wildman–Crippen LogP) is 4.68. The molecule has 1 aliphatic carbocycles. The summed E-state index contributed by atoms with van der Waals surface area (Å²) in [4.78, 5) is 24.0. The molecule has 0 saturated heterocycles. The van der Waals surface area contributed by atoms with E-state index in [4.69, 9.17) is 0 Å². The third-order valence-corrected chi connectivity index (χ3v) is 7.15. The van der Waals surface area contributed by atoms with Gasteiger partial charge in [-0.3, -0.25) is 4.79 Å². The average Bonchev–Trinajstić information content (AvgIpc) is 3.23. The second-order valence-electron chi connectivity index (χ2n) is 6.76. The highest BCUT2D eigenvalue weighted by molar-refractivity contribution is 8.00. The van der Waals surface area contributed by atoms with Crippen LogP contribution in [0.3, 0.4) is 0 Å². The molecule has 0 fully saturated rings. The molecular formula is C20H20FN3OS2. The molecule has 140 valence electrons. The fourth-order valence-corrected chi connectivity index (χ4v) is 5.62. The van der Waals surface area contributed by atoms with E-state index in [0.717, 1.165) is 33.6 Å². The van der Waals surface area contributed by atoms with Crippen LogP contribution in [0.5, 0.6) is 0 Å². The van der Waals surface area contributed by atoms with Gasteiger partial charge in [-0.05, 0) is 56.4 Å². The van der Waals surface area contributed by atoms with Crippen LogP contribution >= 0.6 is 23.1 Å². The van der Waals surface area contributed by atoms with Gasteiger partial charge in [-0.25, -0.2) is 14.4 Å². The first-order valence-corrected chi connectivity index (χ1v) is 10.7. The maximum atomic E-state index is 13.1. The van der Waals surface area contributed by atoms with Crippen molar-refractivity contribution in [3.05, 3.63) is 52.4 Å². The number of benzene rings is 1. The second-order valence-corrected chi connectivity index (χ2v) is 9.17. The Morgan fingerprint density at radius 1 is 1.22 bits per heavy atom. The molecule has 1 aromatic carbocycles. The molecule has 4 nitrogen and oxygen atoms in total. The summed E-state index contributed by atoms with van der Waals surface area (Å²) in [5.41, 5.74) is 2.24. The van der Waals surface area contributed by atoms with Crippen LogP contribution < -0.4 is 5.32 Å². The largest absolute Gasteiger partial charge is 0.349 e. The molecule has 1 N–H and O–H groups in total. The van der Waals surface area contributed by atoms with Crippen LogP contribution in [0.15, 0.2) is 35.6 Å². The molecule has 0 unspecified atom stereocenters. The quantitative estimate of drug-likeness (QED) is 0.498. The summed E-state index contributed by atoms with van der Waals surface area (Å²) in [6.07, 6.45) is 4.95. The third-order valence-electron chi connectivity index (χ3n) is 4.85. The summed E-state index contributed by atoms with van der Waals surface area (Å²) in [6, 6.07) is 6.02. The number of nitrogens with one attached hydrogen (secondary N) is 1. The lowest BCUT2D eigenvalue weighted by Gasteiger charge is -2.18. The number of hydrogen-bond donors (Lipinski definition) is 1. The van der Waals surface area contributed by atoms with Crippen molar-refractivity contribution in [3.63, 3.8) is 0 Å². The highest BCUT2D eigenvalue weighted by atomic mass is 32.2. The van der Waals surface area contributed by atoms with Crippen molar-refractivity contribution in [2.45, 2.75) is 49.4 Å². The summed E-state index contributed by atoms with van der Waals surface area (Å²) in [7, 11) is 0. The molecule has 7 heteroatoms. The number of carbonyl (C=O) groups is 1. The minimum atomic E-state index is -0.289. The molecule has 1 amide bonds. The van der Waals surface area contributed by atoms with Crippen LogP contribution in [-0.4, -0.2) is 21.1 Å². The molecule has 2 heterocycles. The molecule has 2 atom stereocenters. The SMILES string of the molecule is C[C@H](NC(=O)[C@@H](C)Sc1ncnc2sc3c(c12)CCC3)c1ccc(F)cc1. The number of hydrogen-bond acceptors (Lipinski definition) is 5. The molecule has 0 aliphatic heterocycles. The first-order chi connectivity index (χ1) is 13.0. The minimum absolute atomic E-state index is 0.0598. The lowest BCUT2D eigenvalue weighted by Crippen LogP contribution is -2.33. The van der Waals surface area contributed by atoms with Gasteiger partial charge < -0.3 is 5.32 Å². The number of aryl methyl sites for hydroxylation is 2. The molecule has 1 aliphatic rings. The average molecular weight is 402 g/mol. The van der Waals surface area contributed by atoms with Crippen molar-refractivity contribution in [2.24, 2.45) is 0 Å². The van der Waals surface area contributed by atoms with E-state index < -0.39 is 0 Å². The van der Waals surface area contributed by atoms with Crippen molar-refractivity contribution in [1.82, 2.24) is 15.3 Å². The minimum Gasteiger partial charge on any atom is -0.349 e. The van der Waals surface area contributed by atoms with E-state index in [1.807, 2.05) is 13.8 Å². The molecule has 0 spiro atoms. The molecule has 0 radical (unpaired) electrons. The van der Waals surface area contributed by atoms with Crippen molar-refractivity contribution < 1.29 is 9.18 Å². The Labute approximate surface area is 165 Å². The first kappa shape index (κ1) is 18.4. The number of thiophene rings is 1. The Balaban J connectivity index is 1.49. The van der Waals surface area contributed by atoms with Crippen LogP contribution in [0.4, 0.5) is 4.39 Å². The lowest BCUT2D eigenvalue weighted by atomic mass is 10.1. The molecule has 3 aromatic rings. The van der Waals surface area contributed by atoms with E-state index in [9.17, 15) is 9.18 Å². The van der Waals surface area contributed by atoms with Crippen LogP contribution in [0.25, 0.3) is 10.2 Å². The van der Waals surface area contributed by atoms with Gasteiger partial charge in [-0.2, -0.15) is 0 Å². The smallest absolute Gasteiger partial charge is 0.233 e. The fourth-order valence-electron chi connectivity index (χ4n) is 3.38. The number of rotatable bonds is 5. The van der Waals surface area contributed by atoms with Gasteiger partial charge in [-0.1, -0.05) is 23.9 Å². The Kier molecular flexibility index (Phi) is 5.14. The van der Waals surface area contributed by atoms with Crippen LogP contribution in [0.1, 0.15) is 42.3 Å². The van der Waals surface area contributed by atoms with Crippen molar-refractivity contribution in [3.8, 4) is 0 Å². The van der Waals surface area contributed by atoms with Crippen molar-refractivity contribution in [2.75, 3.05) is 0 Å². The zero-order valence-electron chi connectivity index (χ0n) is 15.2. The molecule has 0 saturated carbocycles. The highest BCUT2D eigenvalue weighted by Gasteiger charge is 2.24. The lowest BCUT2D eigenvalue weighted by molar-refractivity contribution is -0.120. The van der Waals surface area contributed by atoms with E-state index in [1.165, 1.54) is 40.8 Å². The number of nitrogens with zero attached hydrogens (tertiary/aromatic N) is 2. The van der Waals surface area contributed by atoms with Crippen LogP contribution in [0.2, 0.25) is 0 Å². The maximum absolute atomic E-state index is 13.1. The Bertz CT molecular complexity index is 987. The topological polar surface area (TPSA) is 54.9 Å². The van der Waals surface area contributed by atoms with E-state index in [0.29, 0.717) is 0 Å². The van der Waals surface area contributed by atoms with Gasteiger partial charge in [0.25, 0.3) is 0 Å². The first-order valence-electron chi connectivity index (χ1n) is 9.00. The molecular weight excluding hydrogens is 381 g/mol. The van der Waals surface area contributed by atoms with Gasteiger partial charge in [-0.15, -0.1) is 11.3 Å². The van der Waals surface area contributed by atoms with Gasteiger partial charge >= 0.3 is 0 Å². The Hall–Kier alpha value is -1.99. The van der Waals surface area contributed by atoms with Gasteiger partial charge in [0.05, 0.1) is 11.3 Å². The molecule has 27 heavy (non-hydrogen) atoms. The second kappa shape index (κ2) is 7.56. The number of amides is 1. The predicted molar refractivity (Wildman–Crippen MR) is 108 cm³/mol. The highest BCUT2D eigenvalue weighted by Crippen LogP contribution is 2.40. The normalized spacial score (nSPS) is 15.5. The standard InChI is InChI=1S/C20H20FN3OS2/c1-11(13-6-8-14(21)9-7-13)24-18(25)12(2)26-19-17-15-4-3-5-16(15)27-20(17)23-10-22-19/h6-12H,3-5H2,1-2H3,(H,24,25)/t11-,12+/m0/s1. The van der Waals surface area contributed by atoms with Gasteiger partial charge in [0.2, 0.25) is 5.91 Å². The Morgan fingerprint density at radius 2 is 2.00 bits per heavy atom. The number of fused-ring (bicyclic) bond motifs is 3. The zero-order chi connectivity index (χ0) is 19.0. The van der Waals surface area contributed by atoms with Crippen molar-refractivity contribution in [1.29, 1.82) is 0 Å². The summed E-state index contributed by atoms with van der Waals surface area (Å²) in [5.74, 6) is -0.340. The van der Waals surface area contributed by atoms with Crippen LogP contribution in [-0.2, 0) is 17.6 Å². The summed E-state index contributed by atoms with van der Waals surface area (Å²) < 4.78 is 13.1. The maximum Gasteiger partial charge on any atom is 0.233 e. The zero-order valence-corrected chi connectivity index (χ0v) is 16.8. The number of halogens is 1. The summed E-state index contributed by atoms with van der Waals surface area (Å²) in [6.45, 7) is 3.79. The molecule has 2 aromatic heterocycles. The van der Waals surface area contributed by atoms with E-state index in [2.05, 4.69) is 15.3 Å². The van der Waals surface area contributed by atoms with Gasteiger partial charge in [0.1, 0.15) is 22.0 Å².